The Balaban J connectivity index is 2.78. The van der Waals surface area contributed by atoms with Gasteiger partial charge in [0.05, 0.1) is 13.5 Å². The van der Waals surface area contributed by atoms with E-state index in [9.17, 15) is 4.79 Å². The molecular formula is C11H13BrO2. The van der Waals surface area contributed by atoms with Crippen LogP contribution in [-0.2, 0) is 22.4 Å². The number of hydrogen-bond donors (Lipinski definition) is 0. The van der Waals surface area contributed by atoms with Crippen LogP contribution in [0.3, 0.4) is 0 Å². The normalized spacial score (nSPS) is 9.86. The maximum atomic E-state index is 11.1. The summed E-state index contributed by atoms with van der Waals surface area (Å²) >= 11 is 3.39. The summed E-state index contributed by atoms with van der Waals surface area (Å²) in [6, 6.07) is 7.93. The van der Waals surface area contributed by atoms with Crippen molar-refractivity contribution in [3.63, 3.8) is 0 Å². The molecule has 0 radical (unpaired) electrons. The number of ether oxygens (including phenoxy) is 1. The van der Waals surface area contributed by atoms with Gasteiger partial charge in [-0.05, 0) is 17.5 Å². The van der Waals surface area contributed by atoms with Gasteiger partial charge in [0, 0.05) is 5.33 Å². The molecule has 0 saturated heterocycles. The third-order valence-corrected chi connectivity index (χ3v) is 2.44. The van der Waals surface area contributed by atoms with Crippen LogP contribution in [0.15, 0.2) is 24.3 Å². The molecule has 0 spiro atoms. The van der Waals surface area contributed by atoms with Gasteiger partial charge in [-0.3, -0.25) is 4.79 Å². The van der Waals surface area contributed by atoms with E-state index in [-0.39, 0.29) is 5.97 Å². The summed E-state index contributed by atoms with van der Waals surface area (Å²) in [5.41, 5.74) is 2.26. The first kappa shape index (κ1) is 11.2. The van der Waals surface area contributed by atoms with E-state index in [1.54, 1.807) is 0 Å². The van der Waals surface area contributed by atoms with Gasteiger partial charge >= 0.3 is 5.97 Å². The van der Waals surface area contributed by atoms with Crippen LogP contribution >= 0.6 is 15.9 Å². The molecule has 1 aromatic rings. The molecule has 0 aromatic heterocycles. The zero-order chi connectivity index (χ0) is 10.4. The SMILES string of the molecule is COC(=O)Cc1ccccc1CCBr. The molecule has 0 bridgehead atoms. The maximum Gasteiger partial charge on any atom is 0.309 e. The number of carbonyl (C=O) groups excluding carboxylic acids is 1. The van der Waals surface area contributed by atoms with Crippen LogP contribution in [0.25, 0.3) is 0 Å². The minimum atomic E-state index is -0.188. The summed E-state index contributed by atoms with van der Waals surface area (Å²) in [5.74, 6) is -0.188. The average molecular weight is 257 g/mol. The minimum Gasteiger partial charge on any atom is -0.469 e. The number of methoxy groups -OCH3 is 1. The van der Waals surface area contributed by atoms with Gasteiger partial charge in [0.15, 0.2) is 0 Å². The van der Waals surface area contributed by atoms with Gasteiger partial charge in [-0.1, -0.05) is 40.2 Å². The molecule has 2 nitrogen and oxygen atoms in total. The molecule has 0 unspecified atom stereocenters. The lowest BCUT2D eigenvalue weighted by atomic mass is 10.0. The van der Waals surface area contributed by atoms with E-state index in [2.05, 4.69) is 20.7 Å². The van der Waals surface area contributed by atoms with Crippen LogP contribution in [0.5, 0.6) is 0 Å². The number of hydrogen-bond acceptors (Lipinski definition) is 2. The number of alkyl halides is 1. The van der Waals surface area contributed by atoms with E-state index in [0.29, 0.717) is 6.42 Å². The number of benzene rings is 1. The van der Waals surface area contributed by atoms with Gasteiger partial charge in [0.2, 0.25) is 0 Å². The Bertz CT molecular complexity index is 310. The van der Waals surface area contributed by atoms with Crippen LogP contribution in [-0.4, -0.2) is 18.4 Å². The number of rotatable bonds is 4. The summed E-state index contributed by atoms with van der Waals surface area (Å²) in [7, 11) is 1.41. The van der Waals surface area contributed by atoms with Gasteiger partial charge in [0.25, 0.3) is 0 Å². The van der Waals surface area contributed by atoms with Gasteiger partial charge in [0.1, 0.15) is 0 Å². The molecule has 0 N–H and O–H groups in total. The predicted molar refractivity (Wildman–Crippen MR) is 59.7 cm³/mol. The molecule has 0 aliphatic rings. The van der Waals surface area contributed by atoms with E-state index in [0.717, 1.165) is 17.3 Å². The highest BCUT2D eigenvalue weighted by Crippen LogP contribution is 2.11. The van der Waals surface area contributed by atoms with Crippen molar-refractivity contribution >= 4 is 21.9 Å². The third-order valence-electron chi connectivity index (χ3n) is 2.04. The van der Waals surface area contributed by atoms with E-state index in [1.165, 1.54) is 12.7 Å². The monoisotopic (exact) mass is 256 g/mol. The quantitative estimate of drug-likeness (QED) is 0.611. The summed E-state index contributed by atoms with van der Waals surface area (Å²) in [4.78, 5) is 11.1. The standard InChI is InChI=1S/C11H13BrO2/c1-14-11(13)8-10-5-3-2-4-9(10)6-7-12/h2-5H,6-8H2,1H3. The highest BCUT2D eigenvalue weighted by atomic mass is 79.9. The number of esters is 1. The van der Waals surface area contributed by atoms with Crippen LogP contribution in [0.2, 0.25) is 0 Å². The Morgan fingerprint density at radius 1 is 1.36 bits per heavy atom. The molecule has 14 heavy (non-hydrogen) atoms. The van der Waals surface area contributed by atoms with Crippen molar-refractivity contribution in [2.75, 3.05) is 12.4 Å². The van der Waals surface area contributed by atoms with E-state index >= 15 is 0 Å². The fraction of sp³-hybridized carbons (Fsp3) is 0.364. The average Bonchev–Trinajstić information content (AvgIpc) is 2.21. The van der Waals surface area contributed by atoms with Crippen molar-refractivity contribution in [1.29, 1.82) is 0 Å². The highest BCUT2D eigenvalue weighted by Gasteiger charge is 2.06. The van der Waals surface area contributed by atoms with Crippen molar-refractivity contribution < 1.29 is 9.53 Å². The smallest absolute Gasteiger partial charge is 0.309 e. The molecule has 76 valence electrons. The van der Waals surface area contributed by atoms with Crippen molar-refractivity contribution in [2.24, 2.45) is 0 Å². The Kier molecular flexibility index (Phi) is 4.66. The second kappa shape index (κ2) is 5.81. The zero-order valence-electron chi connectivity index (χ0n) is 8.13. The molecule has 1 rings (SSSR count). The Labute approximate surface area is 92.4 Å². The Morgan fingerprint density at radius 3 is 2.57 bits per heavy atom. The minimum absolute atomic E-state index is 0.188. The zero-order valence-corrected chi connectivity index (χ0v) is 9.71. The van der Waals surface area contributed by atoms with Gasteiger partial charge in [-0.2, -0.15) is 0 Å². The summed E-state index contributed by atoms with van der Waals surface area (Å²) in [6.07, 6.45) is 1.30. The first-order chi connectivity index (χ1) is 6.77. The second-order valence-electron chi connectivity index (χ2n) is 2.96. The molecule has 0 saturated carbocycles. The fourth-order valence-electron chi connectivity index (χ4n) is 1.30. The molecule has 1 aromatic carbocycles. The van der Waals surface area contributed by atoms with Crippen LogP contribution in [0.4, 0.5) is 0 Å². The fourth-order valence-corrected chi connectivity index (χ4v) is 1.73. The summed E-state index contributed by atoms with van der Waals surface area (Å²) in [5, 5.41) is 0.908. The third kappa shape index (κ3) is 3.14. The van der Waals surface area contributed by atoms with Crippen molar-refractivity contribution in [1.82, 2.24) is 0 Å². The summed E-state index contributed by atoms with van der Waals surface area (Å²) in [6.45, 7) is 0. The molecule has 0 aliphatic heterocycles. The van der Waals surface area contributed by atoms with Crippen molar-refractivity contribution in [2.45, 2.75) is 12.8 Å². The molecule has 0 atom stereocenters. The number of carbonyl (C=O) groups is 1. The maximum absolute atomic E-state index is 11.1. The molecule has 3 heteroatoms. The van der Waals surface area contributed by atoms with E-state index in [1.807, 2.05) is 24.3 Å². The van der Waals surface area contributed by atoms with Crippen molar-refractivity contribution in [3.05, 3.63) is 35.4 Å². The Morgan fingerprint density at radius 2 is 2.00 bits per heavy atom. The van der Waals surface area contributed by atoms with E-state index in [4.69, 9.17) is 0 Å². The lowest BCUT2D eigenvalue weighted by Crippen LogP contribution is -2.07. The second-order valence-corrected chi connectivity index (χ2v) is 3.75. The van der Waals surface area contributed by atoms with Gasteiger partial charge in [-0.15, -0.1) is 0 Å². The lowest BCUT2D eigenvalue weighted by molar-refractivity contribution is -0.139. The first-order valence-corrected chi connectivity index (χ1v) is 5.59. The van der Waals surface area contributed by atoms with Crippen LogP contribution in [0, 0.1) is 0 Å². The topological polar surface area (TPSA) is 26.3 Å². The number of halogens is 1. The van der Waals surface area contributed by atoms with Gasteiger partial charge in [-0.25, -0.2) is 0 Å². The highest BCUT2D eigenvalue weighted by molar-refractivity contribution is 9.09. The molecule has 0 fully saturated rings. The predicted octanol–water partition coefficient (Wildman–Crippen LogP) is 2.34. The largest absolute Gasteiger partial charge is 0.469 e. The molecule has 0 heterocycles. The molecular weight excluding hydrogens is 244 g/mol. The van der Waals surface area contributed by atoms with Crippen molar-refractivity contribution in [3.8, 4) is 0 Å². The van der Waals surface area contributed by atoms with Crippen LogP contribution < -0.4 is 0 Å². The summed E-state index contributed by atoms with van der Waals surface area (Å²) < 4.78 is 4.64. The van der Waals surface area contributed by atoms with Gasteiger partial charge < -0.3 is 4.74 Å². The first-order valence-electron chi connectivity index (χ1n) is 4.47. The van der Waals surface area contributed by atoms with E-state index < -0.39 is 0 Å². The number of aryl methyl sites for hydroxylation is 1. The lowest BCUT2D eigenvalue weighted by Gasteiger charge is -2.06. The molecule has 0 amide bonds. The Hall–Kier alpha value is -0.830. The molecule has 0 aliphatic carbocycles. The van der Waals surface area contributed by atoms with Crippen LogP contribution in [0.1, 0.15) is 11.1 Å².